The predicted molar refractivity (Wildman–Crippen MR) is 70.2 cm³/mol. The first-order valence-electron chi connectivity index (χ1n) is 7.03. The lowest BCUT2D eigenvalue weighted by Crippen LogP contribution is -2.23. The first-order chi connectivity index (χ1) is 9.08. The van der Waals surface area contributed by atoms with E-state index in [2.05, 4.69) is 12.2 Å². The number of hydrogen-bond acceptors (Lipinski definition) is 4. The highest BCUT2D eigenvalue weighted by Gasteiger charge is 2.43. The minimum atomic E-state index is -0.213. The summed E-state index contributed by atoms with van der Waals surface area (Å²) in [6.45, 7) is 3.89. The van der Waals surface area contributed by atoms with Crippen LogP contribution in [0, 0.1) is 23.7 Å². The van der Waals surface area contributed by atoms with Gasteiger partial charge in [0.25, 0.3) is 0 Å². The molecule has 2 aliphatic carbocycles. The second-order valence-corrected chi connectivity index (χ2v) is 5.53. The monoisotopic (exact) mass is 266 g/mol. The minimum Gasteiger partial charge on any atom is -0.466 e. The molecule has 19 heavy (non-hydrogen) atoms. The van der Waals surface area contributed by atoms with Crippen molar-refractivity contribution in [3.63, 3.8) is 0 Å². The third-order valence-electron chi connectivity index (χ3n) is 4.31. The molecule has 0 aromatic carbocycles. The Hall–Kier alpha value is -1.32. The van der Waals surface area contributed by atoms with Gasteiger partial charge in [0.2, 0.25) is 0 Å². The molecule has 0 spiro atoms. The summed E-state index contributed by atoms with van der Waals surface area (Å²) in [5.74, 6) is 1.92. The normalized spacial score (nSPS) is 31.5. The van der Waals surface area contributed by atoms with Crippen LogP contribution in [-0.2, 0) is 19.1 Å². The first kappa shape index (κ1) is 14.1. The van der Waals surface area contributed by atoms with Crippen LogP contribution < -0.4 is 0 Å². The van der Waals surface area contributed by atoms with Crippen LogP contribution in [-0.4, -0.2) is 25.2 Å². The van der Waals surface area contributed by atoms with Crippen LogP contribution in [0.1, 0.15) is 33.1 Å². The van der Waals surface area contributed by atoms with Crippen molar-refractivity contribution in [2.75, 3.05) is 13.2 Å². The molecule has 0 amide bonds. The van der Waals surface area contributed by atoms with E-state index in [1.165, 1.54) is 20.3 Å². The quantitative estimate of drug-likeness (QED) is 0.547. The topological polar surface area (TPSA) is 52.6 Å². The molecule has 2 rings (SSSR count). The number of allylic oxidation sites excluding steroid dienone is 2. The van der Waals surface area contributed by atoms with Crippen LogP contribution in [0.3, 0.4) is 0 Å². The van der Waals surface area contributed by atoms with Crippen LogP contribution in [0.5, 0.6) is 0 Å². The molecule has 4 heteroatoms. The molecule has 0 N–H and O–H groups in total. The van der Waals surface area contributed by atoms with E-state index in [-0.39, 0.29) is 11.9 Å². The van der Waals surface area contributed by atoms with Crippen molar-refractivity contribution in [1.82, 2.24) is 0 Å². The van der Waals surface area contributed by atoms with Crippen molar-refractivity contribution in [1.29, 1.82) is 0 Å². The van der Waals surface area contributed by atoms with Gasteiger partial charge in [-0.3, -0.25) is 9.59 Å². The molecule has 1 saturated carbocycles. The zero-order chi connectivity index (χ0) is 13.8. The fraction of sp³-hybridized carbons (Fsp3) is 0.733. The maximum Gasteiger partial charge on any atom is 0.302 e. The van der Waals surface area contributed by atoms with E-state index in [1.54, 1.807) is 0 Å². The van der Waals surface area contributed by atoms with Crippen molar-refractivity contribution in [2.45, 2.75) is 33.1 Å². The number of rotatable bonds is 6. The van der Waals surface area contributed by atoms with Crippen molar-refractivity contribution in [2.24, 2.45) is 23.7 Å². The predicted octanol–water partition coefficient (Wildman–Crippen LogP) is 2.33. The Morgan fingerprint density at radius 1 is 0.947 bits per heavy atom. The SMILES string of the molecule is CC(=O)OCCC1C2C=CC(C2)C1CCOC(C)=O. The summed E-state index contributed by atoms with van der Waals surface area (Å²) in [6.07, 6.45) is 7.62. The van der Waals surface area contributed by atoms with E-state index in [0.29, 0.717) is 36.9 Å². The van der Waals surface area contributed by atoms with Gasteiger partial charge in [0.1, 0.15) is 0 Å². The summed E-state index contributed by atoms with van der Waals surface area (Å²) in [5, 5.41) is 0. The lowest BCUT2D eigenvalue weighted by Gasteiger charge is -2.27. The molecule has 2 aliphatic rings. The zero-order valence-corrected chi connectivity index (χ0v) is 11.6. The average molecular weight is 266 g/mol. The Morgan fingerprint density at radius 3 is 1.74 bits per heavy atom. The van der Waals surface area contributed by atoms with E-state index in [9.17, 15) is 9.59 Å². The van der Waals surface area contributed by atoms with E-state index in [4.69, 9.17) is 9.47 Å². The second kappa shape index (κ2) is 6.22. The van der Waals surface area contributed by atoms with Crippen molar-refractivity contribution in [3.8, 4) is 0 Å². The highest BCUT2D eigenvalue weighted by Crippen LogP contribution is 2.50. The van der Waals surface area contributed by atoms with E-state index in [1.807, 2.05) is 0 Å². The van der Waals surface area contributed by atoms with Crippen molar-refractivity contribution < 1.29 is 19.1 Å². The van der Waals surface area contributed by atoms with Crippen LogP contribution in [0.2, 0.25) is 0 Å². The molecule has 4 unspecified atom stereocenters. The van der Waals surface area contributed by atoms with Gasteiger partial charge in [-0.05, 0) is 42.9 Å². The smallest absolute Gasteiger partial charge is 0.302 e. The van der Waals surface area contributed by atoms with Crippen LogP contribution in [0.25, 0.3) is 0 Å². The summed E-state index contributed by atoms with van der Waals surface area (Å²) in [4.78, 5) is 21.6. The molecule has 0 aromatic heterocycles. The molecule has 2 bridgehead atoms. The number of ether oxygens (including phenoxy) is 2. The molecule has 0 aromatic rings. The molecule has 0 saturated heterocycles. The van der Waals surface area contributed by atoms with Gasteiger partial charge in [-0.15, -0.1) is 0 Å². The van der Waals surface area contributed by atoms with Crippen LogP contribution >= 0.6 is 0 Å². The lowest BCUT2D eigenvalue weighted by atomic mass is 9.79. The van der Waals surface area contributed by atoms with Gasteiger partial charge >= 0.3 is 11.9 Å². The highest BCUT2D eigenvalue weighted by molar-refractivity contribution is 5.66. The molecular formula is C15H22O4. The Bertz CT molecular complexity index is 340. The average Bonchev–Trinajstić information content (AvgIpc) is 2.90. The standard InChI is InChI=1S/C15H22O4/c1-10(16)18-7-5-14-12-3-4-13(9-12)15(14)6-8-19-11(2)17/h3-4,12-15H,5-9H2,1-2H3. The number of carbonyl (C=O) groups is 2. The highest BCUT2D eigenvalue weighted by atomic mass is 16.5. The maximum absolute atomic E-state index is 10.8. The van der Waals surface area contributed by atoms with Gasteiger partial charge in [-0.2, -0.15) is 0 Å². The van der Waals surface area contributed by atoms with Crippen LogP contribution in [0.4, 0.5) is 0 Å². The van der Waals surface area contributed by atoms with E-state index >= 15 is 0 Å². The van der Waals surface area contributed by atoms with Gasteiger partial charge < -0.3 is 9.47 Å². The summed E-state index contributed by atoms with van der Waals surface area (Å²) in [5.41, 5.74) is 0. The van der Waals surface area contributed by atoms with Gasteiger partial charge in [-0.1, -0.05) is 12.2 Å². The Kier molecular flexibility index (Phi) is 4.61. The third kappa shape index (κ3) is 3.58. The molecule has 0 radical (unpaired) electrons. The number of esters is 2. The molecular weight excluding hydrogens is 244 g/mol. The third-order valence-corrected chi connectivity index (χ3v) is 4.31. The van der Waals surface area contributed by atoms with Gasteiger partial charge in [-0.25, -0.2) is 0 Å². The number of fused-ring (bicyclic) bond motifs is 2. The molecule has 4 atom stereocenters. The number of carbonyl (C=O) groups excluding carboxylic acids is 2. The molecule has 0 heterocycles. The van der Waals surface area contributed by atoms with Crippen molar-refractivity contribution in [3.05, 3.63) is 12.2 Å². The van der Waals surface area contributed by atoms with Gasteiger partial charge in [0, 0.05) is 13.8 Å². The Morgan fingerprint density at radius 2 is 1.37 bits per heavy atom. The lowest BCUT2D eigenvalue weighted by molar-refractivity contribution is -0.143. The molecule has 0 aliphatic heterocycles. The van der Waals surface area contributed by atoms with Gasteiger partial charge in [0.15, 0.2) is 0 Å². The second-order valence-electron chi connectivity index (χ2n) is 5.53. The zero-order valence-electron chi connectivity index (χ0n) is 11.6. The minimum absolute atomic E-state index is 0.213. The van der Waals surface area contributed by atoms with E-state index < -0.39 is 0 Å². The van der Waals surface area contributed by atoms with E-state index in [0.717, 1.165) is 12.8 Å². The van der Waals surface area contributed by atoms with Gasteiger partial charge in [0.05, 0.1) is 13.2 Å². The summed E-state index contributed by atoms with van der Waals surface area (Å²) < 4.78 is 10.1. The molecule has 4 nitrogen and oxygen atoms in total. The molecule has 1 fully saturated rings. The first-order valence-corrected chi connectivity index (χ1v) is 7.03. The summed E-state index contributed by atoms with van der Waals surface area (Å²) >= 11 is 0. The maximum atomic E-state index is 10.8. The fourth-order valence-electron chi connectivity index (χ4n) is 3.56. The molecule has 106 valence electrons. The fourth-order valence-corrected chi connectivity index (χ4v) is 3.56. The largest absolute Gasteiger partial charge is 0.466 e. The number of hydrogen-bond donors (Lipinski definition) is 0. The summed E-state index contributed by atoms with van der Waals surface area (Å²) in [7, 11) is 0. The Balaban J connectivity index is 1.82. The Labute approximate surface area is 114 Å². The van der Waals surface area contributed by atoms with Crippen LogP contribution in [0.15, 0.2) is 12.2 Å². The van der Waals surface area contributed by atoms with Crippen molar-refractivity contribution >= 4 is 11.9 Å². The summed E-state index contributed by atoms with van der Waals surface area (Å²) in [6, 6.07) is 0.